The zero-order valence-corrected chi connectivity index (χ0v) is 10.8. The molecule has 0 amide bonds. The first-order valence-corrected chi connectivity index (χ1v) is 6.10. The summed E-state index contributed by atoms with van der Waals surface area (Å²) in [7, 11) is 0. The van der Waals surface area contributed by atoms with Crippen molar-refractivity contribution < 1.29 is 9.53 Å². The molecular weight excluding hydrogens is 214 g/mol. The summed E-state index contributed by atoms with van der Waals surface area (Å²) in [5.74, 6) is 1.13. The number of carbonyl (C=O) groups excluding carboxylic acids is 1. The molecule has 0 saturated carbocycles. The Bertz CT molecular complexity index is 386. The maximum Gasteiger partial charge on any atom is 0.165 e. The molecule has 17 heavy (non-hydrogen) atoms. The standard InChI is InChI=1S/C14H21NO2/c1-4-7-17-11-5-6-13(15)12(9-11)14(16)8-10(2)3/h5-6,9-10H,4,7-8,15H2,1-3H3. The number of hydrogen-bond acceptors (Lipinski definition) is 3. The Balaban J connectivity index is 2.86. The van der Waals surface area contributed by atoms with Gasteiger partial charge in [-0.15, -0.1) is 0 Å². The molecule has 0 spiro atoms. The lowest BCUT2D eigenvalue weighted by Gasteiger charge is -2.10. The Kier molecular flexibility index (Phi) is 5.01. The fourth-order valence-corrected chi connectivity index (χ4v) is 1.57. The molecule has 3 nitrogen and oxygen atoms in total. The zero-order valence-electron chi connectivity index (χ0n) is 10.8. The van der Waals surface area contributed by atoms with Gasteiger partial charge in [0, 0.05) is 17.7 Å². The van der Waals surface area contributed by atoms with Crippen LogP contribution in [0.2, 0.25) is 0 Å². The van der Waals surface area contributed by atoms with Crippen molar-refractivity contribution in [3.8, 4) is 5.75 Å². The predicted octanol–water partition coefficient (Wildman–Crippen LogP) is 3.29. The normalized spacial score (nSPS) is 10.6. The molecular formula is C14H21NO2. The average Bonchev–Trinajstić information content (AvgIpc) is 2.27. The van der Waals surface area contributed by atoms with E-state index in [0.717, 1.165) is 6.42 Å². The molecule has 0 aliphatic rings. The largest absolute Gasteiger partial charge is 0.494 e. The molecule has 0 heterocycles. The third-order valence-electron chi connectivity index (χ3n) is 2.39. The van der Waals surface area contributed by atoms with E-state index in [0.29, 0.717) is 35.9 Å². The van der Waals surface area contributed by atoms with Crippen LogP contribution in [0.5, 0.6) is 5.75 Å². The summed E-state index contributed by atoms with van der Waals surface area (Å²) in [6.07, 6.45) is 1.46. The van der Waals surface area contributed by atoms with Gasteiger partial charge in [-0.05, 0) is 30.5 Å². The Morgan fingerprint density at radius 2 is 2.12 bits per heavy atom. The number of hydrogen-bond donors (Lipinski definition) is 1. The summed E-state index contributed by atoms with van der Waals surface area (Å²) < 4.78 is 5.50. The van der Waals surface area contributed by atoms with Gasteiger partial charge in [-0.25, -0.2) is 0 Å². The van der Waals surface area contributed by atoms with E-state index in [4.69, 9.17) is 10.5 Å². The quantitative estimate of drug-likeness (QED) is 0.608. The number of carbonyl (C=O) groups is 1. The molecule has 0 unspecified atom stereocenters. The molecule has 1 aromatic carbocycles. The summed E-state index contributed by atoms with van der Waals surface area (Å²) in [6, 6.07) is 5.28. The van der Waals surface area contributed by atoms with Gasteiger partial charge < -0.3 is 10.5 Å². The van der Waals surface area contributed by atoms with Crippen molar-refractivity contribution in [2.45, 2.75) is 33.6 Å². The molecule has 0 saturated heterocycles. The van der Waals surface area contributed by atoms with Crippen molar-refractivity contribution in [1.29, 1.82) is 0 Å². The minimum atomic E-state index is 0.0828. The lowest BCUT2D eigenvalue weighted by atomic mass is 10.00. The predicted molar refractivity (Wildman–Crippen MR) is 70.4 cm³/mol. The highest BCUT2D eigenvalue weighted by Crippen LogP contribution is 2.22. The van der Waals surface area contributed by atoms with E-state index in [1.165, 1.54) is 0 Å². The zero-order chi connectivity index (χ0) is 12.8. The van der Waals surface area contributed by atoms with Crippen LogP contribution in [0, 0.1) is 5.92 Å². The van der Waals surface area contributed by atoms with E-state index in [2.05, 4.69) is 0 Å². The topological polar surface area (TPSA) is 52.3 Å². The molecule has 1 aromatic rings. The third kappa shape index (κ3) is 4.10. The van der Waals surface area contributed by atoms with Gasteiger partial charge in [-0.2, -0.15) is 0 Å². The van der Waals surface area contributed by atoms with Gasteiger partial charge in [0.05, 0.1) is 6.61 Å². The SMILES string of the molecule is CCCOc1ccc(N)c(C(=O)CC(C)C)c1. The molecule has 0 atom stereocenters. The van der Waals surface area contributed by atoms with Crippen molar-refractivity contribution >= 4 is 11.5 Å². The van der Waals surface area contributed by atoms with Crippen LogP contribution in [0.15, 0.2) is 18.2 Å². The van der Waals surface area contributed by atoms with Gasteiger partial charge >= 0.3 is 0 Å². The Hall–Kier alpha value is -1.51. The Morgan fingerprint density at radius 1 is 1.41 bits per heavy atom. The molecule has 0 bridgehead atoms. The lowest BCUT2D eigenvalue weighted by molar-refractivity contribution is 0.0968. The molecule has 0 aliphatic heterocycles. The molecule has 1 rings (SSSR count). The van der Waals surface area contributed by atoms with E-state index < -0.39 is 0 Å². The van der Waals surface area contributed by atoms with Gasteiger partial charge in [0.25, 0.3) is 0 Å². The van der Waals surface area contributed by atoms with Crippen LogP contribution in [-0.4, -0.2) is 12.4 Å². The van der Waals surface area contributed by atoms with Crippen molar-refractivity contribution in [2.75, 3.05) is 12.3 Å². The fraction of sp³-hybridized carbons (Fsp3) is 0.500. The van der Waals surface area contributed by atoms with E-state index in [9.17, 15) is 4.79 Å². The van der Waals surface area contributed by atoms with Gasteiger partial charge in [-0.3, -0.25) is 4.79 Å². The first-order chi connectivity index (χ1) is 8.04. The number of ether oxygens (including phenoxy) is 1. The molecule has 0 aromatic heterocycles. The van der Waals surface area contributed by atoms with Crippen LogP contribution < -0.4 is 10.5 Å². The number of ketones is 1. The molecule has 2 N–H and O–H groups in total. The monoisotopic (exact) mass is 235 g/mol. The van der Waals surface area contributed by atoms with E-state index in [-0.39, 0.29) is 5.78 Å². The van der Waals surface area contributed by atoms with E-state index in [1.54, 1.807) is 18.2 Å². The van der Waals surface area contributed by atoms with E-state index >= 15 is 0 Å². The number of nitrogens with two attached hydrogens (primary N) is 1. The Labute approximate surface area is 103 Å². The number of Topliss-reactive ketones (excluding diaryl/α,β-unsaturated/α-hetero) is 1. The van der Waals surface area contributed by atoms with Crippen LogP contribution >= 0.6 is 0 Å². The van der Waals surface area contributed by atoms with Crippen LogP contribution in [0.4, 0.5) is 5.69 Å². The Morgan fingerprint density at radius 3 is 2.71 bits per heavy atom. The number of nitrogen functional groups attached to an aromatic ring is 1. The molecule has 0 aliphatic carbocycles. The maximum absolute atomic E-state index is 12.0. The second-order valence-electron chi connectivity index (χ2n) is 4.62. The third-order valence-corrected chi connectivity index (χ3v) is 2.39. The maximum atomic E-state index is 12.0. The van der Waals surface area contributed by atoms with Gasteiger partial charge in [0.15, 0.2) is 5.78 Å². The second-order valence-corrected chi connectivity index (χ2v) is 4.62. The highest BCUT2D eigenvalue weighted by Gasteiger charge is 2.12. The van der Waals surface area contributed by atoms with Crippen LogP contribution in [0.25, 0.3) is 0 Å². The summed E-state index contributed by atoms with van der Waals surface area (Å²) in [5, 5.41) is 0. The smallest absolute Gasteiger partial charge is 0.165 e. The first-order valence-electron chi connectivity index (χ1n) is 6.10. The molecule has 0 radical (unpaired) electrons. The van der Waals surface area contributed by atoms with Gasteiger partial charge in [-0.1, -0.05) is 20.8 Å². The van der Waals surface area contributed by atoms with E-state index in [1.807, 2.05) is 20.8 Å². The summed E-state index contributed by atoms with van der Waals surface area (Å²) in [5.41, 5.74) is 6.92. The first kappa shape index (κ1) is 13.6. The van der Waals surface area contributed by atoms with Gasteiger partial charge in [0.2, 0.25) is 0 Å². The van der Waals surface area contributed by atoms with Crippen molar-refractivity contribution in [1.82, 2.24) is 0 Å². The van der Waals surface area contributed by atoms with Crippen molar-refractivity contribution in [3.63, 3.8) is 0 Å². The summed E-state index contributed by atoms with van der Waals surface area (Å²) in [6.45, 7) is 6.74. The van der Waals surface area contributed by atoms with Gasteiger partial charge in [0.1, 0.15) is 5.75 Å². The summed E-state index contributed by atoms with van der Waals surface area (Å²) in [4.78, 5) is 12.0. The number of rotatable bonds is 6. The van der Waals surface area contributed by atoms with Crippen LogP contribution in [0.1, 0.15) is 44.0 Å². The highest BCUT2D eigenvalue weighted by atomic mass is 16.5. The van der Waals surface area contributed by atoms with Crippen molar-refractivity contribution in [2.24, 2.45) is 5.92 Å². The van der Waals surface area contributed by atoms with Crippen LogP contribution in [0.3, 0.4) is 0 Å². The van der Waals surface area contributed by atoms with Crippen molar-refractivity contribution in [3.05, 3.63) is 23.8 Å². The molecule has 3 heteroatoms. The summed E-state index contributed by atoms with van der Waals surface area (Å²) >= 11 is 0. The number of anilines is 1. The second kappa shape index (κ2) is 6.28. The minimum absolute atomic E-state index is 0.0828. The lowest BCUT2D eigenvalue weighted by Crippen LogP contribution is -2.07. The van der Waals surface area contributed by atoms with Crippen LogP contribution in [-0.2, 0) is 0 Å². The molecule has 94 valence electrons. The minimum Gasteiger partial charge on any atom is -0.494 e. The highest BCUT2D eigenvalue weighted by molar-refractivity contribution is 6.01. The fourth-order valence-electron chi connectivity index (χ4n) is 1.57. The average molecular weight is 235 g/mol. The number of benzene rings is 1. The molecule has 0 fully saturated rings.